The van der Waals surface area contributed by atoms with Gasteiger partial charge in [-0.05, 0) is 29.8 Å². The molecule has 2 aromatic carbocycles. The first-order valence-corrected chi connectivity index (χ1v) is 7.66. The van der Waals surface area contributed by atoms with E-state index in [2.05, 4.69) is 10.6 Å². The lowest BCUT2D eigenvalue weighted by Crippen LogP contribution is -2.37. The SMILES string of the molecule is N#Cc1ccccc1NC(=O)C(=O)NC[C@H](O)c1ccc(C(F)(F)F)cc1. The third-order valence-electron chi connectivity index (χ3n) is 3.58. The molecule has 6 nitrogen and oxygen atoms in total. The first-order chi connectivity index (χ1) is 12.7. The zero-order valence-electron chi connectivity index (χ0n) is 13.7. The zero-order chi connectivity index (χ0) is 20.0. The average molecular weight is 377 g/mol. The lowest BCUT2D eigenvalue weighted by molar-refractivity contribution is -0.137. The summed E-state index contributed by atoms with van der Waals surface area (Å²) in [5.74, 6) is -2.11. The largest absolute Gasteiger partial charge is 0.416 e. The van der Waals surface area contributed by atoms with Gasteiger partial charge in [-0.15, -0.1) is 0 Å². The van der Waals surface area contributed by atoms with Crippen molar-refractivity contribution in [3.05, 3.63) is 65.2 Å². The molecule has 140 valence electrons. The number of aliphatic hydroxyl groups is 1. The van der Waals surface area contributed by atoms with E-state index in [0.717, 1.165) is 24.3 Å². The van der Waals surface area contributed by atoms with E-state index < -0.39 is 29.7 Å². The number of carbonyl (C=O) groups excluding carboxylic acids is 2. The van der Waals surface area contributed by atoms with E-state index in [1.807, 2.05) is 6.07 Å². The molecule has 9 heteroatoms. The maximum Gasteiger partial charge on any atom is 0.416 e. The highest BCUT2D eigenvalue weighted by Gasteiger charge is 2.30. The van der Waals surface area contributed by atoms with E-state index in [1.165, 1.54) is 12.1 Å². The van der Waals surface area contributed by atoms with Crippen LogP contribution in [-0.4, -0.2) is 23.5 Å². The fraction of sp³-hybridized carbons (Fsp3) is 0.167. The van der Waals surface area contributed by atoms with Crippen LogP contribution >= 0.6 is 0 Å². The minimum absolute atomic E-state index is 0.151. The van der Waals surface area contributed by atoms with Gasteiger partial charge >= 0.3 is 18.0 Å². The molecular weight excluding hydrogens is 363 g/mol. The minimum atomic E-state index is -4.49. The summed E-state index contributed by atoms with van der Waals surface area (Å²) in [6.45, 7) is -0.377. The van der Waals surface area contributed by atoms with Crippen molar-refractivity contribution in [2.75, 3.05) is 11.9 Å². The quantitative estimate of drug-likeness (QED) is 0.712. The predicted octanol–water partition coefficient (Wildman–Crippen LogP) is 2.37. The number of benzene rings is 2. The molecule has 0 heterocycles. The second-order valence-corrected chi connectivity index (χ2v) is 5.46. The van der Waals surface area contributed by atoms with Gasteiger partial charge in [0, 0.05) is 6.54 Å². The summed E-state index contributed by atoms with van der Waals surface area (Å²) in [6.07, 6.45) is -5.79. The number of halogens is 3. The molecule has 27 heavy (non-hydrogen) atoms. The van der Waals surface area contributed by atoms with Crippen molar-refractivity contribution >= 4 is 17.5 Å². The van der Waals surface area contributed by atoms with Gasteiger partial charge in [-0.3, -0.25) is 9.59 Å². The average Bonchev–Trinajstić information content (AvgIpc) is 2.65. The van der Waals surface area contributed by atoms with Gasteiger partial charge in [0.25, 0.3) is 0 Å². The van der Waals surface area contributed by atoms with E-state index in [4.69, 9.17) is 5.26 Å². The molecule has 0 saturated heterocycles. The Hall–Kier alpha value is -3.38. The Balaban J connectivity index is 1.92. The number of aliphatic hydroxyl groups excluding tert-OH is 1. The van der Waals surface area contributed by atoms with Crippen LogP contribution in [0.2, 0.25) is 0 Å². The molecule has 0 aromatic heterocycles. The molecule has 2 rings (SSSR count). The van der Waals surface area contributed by atoms with Crippen molar-refractivity contribution in [2.45, 2.75) is 12.3 Å². The molecule has 0 unspecified atom stereocenters. The molecule has 0 radical (unpaired) electrons. The standard InChI is InChI=1S/C18H14F3N3O3/c19-18(20,21)13-7-5-11(6-8-13)15(25)10-23-16(26)17(27)24-14-4-2-1-3-12(14)9-22/h1-8,15,25H,10H2,(H,23,26)(H,24,27)/t15-/m0/s1. The van der Waals surface area contributed by atoms with Crippen LogP contribution in [-0.2, 0) is 15.8 Å². The van der Waals surface area contributed by atoms with Crippen LogP contribution in [0, 0.1) is 11.3 Å². The molecule has 2 aromatic rings. The van der Waals surface area contributed by atoms with Crippen molar-refractivity contribution in [3.63, 3.8) is 0 Å². The number of amides is 2. The highest BCUT2D eigenvalue weighted by molar-refractivity contribution is 6.39. The maximum absolute atomic E-state index is 12.5. The fourth-order valence-electron chi connectivity index (χ4n) is 2.15. The first kappa shape index (κ1) is 19.9. The smallest absolute Gasteiger partial charge is 0.387 e. The molecule has 0 spiro atoms. The van der Waals surface area contributed by atoms with Crippen molar-refractivity contribution in [1.29, 1.82) is 5.26 Å². The monoisotopic (exact) mass is 377 g/mol. The molecule has 2 amide bonds. The van der Waals surface area contributed by atoms with Crippen LogP contribution in [0.1, 0.15) is 22.8 Å². The summed E-state index contributed by atoms with van der Waals surface area (Å²) >= 11 is 0. The Labute approximate surface area is 152 Å². The molecule has 0 fully saturated rings. The summed E-state index contributed by atoms with van der Waals surface area (Å²) in [5.41, 5.74) is -0.386. The maximum atomic E-state index is 12.5. The van der Waals surface area contributed by atoms with Crippen LogP contribution < -0.4 is 10.6 Å². The van der Waals surface area contributed by atoms with Crippen LogP contribution in [0.15, 0.2) is 48.5 Å². The van der Waals surface area contributed by atoms with Crippen molar-refractivity contribution in [2.24, 2.45) is 0 Å². The molecule has 0 bridgehead atoms. The van der Waals surface area contributed by atoms with E-state index >= 15 is 0 Å². The van der Waals surface area contributed by atoms with Gasteiger partial charge in [-0.25, -0.2) is 0 Å². The number of nitriles is 1. The van der Waals surface area contributed by atoms with Gasteiger partial charge in [0.15, 0.2) is 0 Å². The Kier molecular flexibility index (Phi) is 6.15. The number of rotatable bonds is 4. The molecular formula is C18H14F3N3O3. The molecule has 1 atom stereocenters. The van der Waals surface area contributed by atoms with Gasteiger partial charge < -0.3 is 15.7 Å². The summed E-state index contributed by atoms with van der Waals surface area (Å²) < 4.78 is 37.5. The Morgan fingerprint density at radius 2 is 1.70 bits per heavy atom. The van der Waals surface area contributed by atoms with Crippen molar-refractivity contribution < 1.29 is 27.9 Å². The number of nitrogens with one attached hydrogen (secondary N) is 2. The van der Waals surface area contributed by atoms with E-state index in [1.54, 1.807) is 12.1 Å². The van der Waals surface area contributed by atoms with Gasteiger partial charge in [0.1, 0.15) is 6.07 Å². The normalized spacial score (nSPS) is 12.0. The second-order valence-electron chi connectivity index (χ2n) is 5.46. The van der Waals surface area contributed by atoms with Gasteiger partial charge in [0.05, 0.1) is 22.9 Å². The summed E-state index contributed by atoms with van der Waals surface area (Å²) in [6, 6.07) is 11.7. The summed E-state index contributed by atoms with van der Waals surface area (Å²) in [7, 11) is 0. The third-order valence-corrected chi connectivity index (χ3v) is 3.58. The Morgan fingerprint density at radius 3 is 2.30 bits per heavy atom. The Bertz CT molecular complexity index is 874. The molecule has 0 saturated carbocycles. The van der Waals surface area contributed by atoms with Crippen LogP contribution in [0.5, 0.6) is 0 Å². The molecule has 3 N–H and O–H groups in total. The summed E-state index contributed by atoms with van der Waals surface area (Å²) in [5, 5.41) is 23.3. The number of carbonyl (C=O) groups is 2. The number of hydrogen-bond donors (Lipinski definition) is 3. The van der Waals surface area contributed by atoms with Crippen LogP contribution in [0.4, 0.5) is 18.9 Å². The summed E-state index contributed by atoms with van der Waals surface area (Å²) in [4.78, 5) is 23.6. The third kappa shape index (κ3) is 5.29. The Morgan fingerprint density at radius 1 is 1.07 bits per heavy atom. The van der Waals surface area contributed by atoms with Crippen LogP contribution in [0.3, 0.4) is 0 Å². The number of nitrogens with zero attached hydrogens (tertiary/aromatic N) is 1. The zero-order valence-corrected chi connectivity index (χ0v) is 13.7. The lowest BCUT2D eigenvalue weighted by Gasteiger charge is -2.14. The number of para-hydroxylation sites is 1. The number of anilines is 1. The van der Waals surface area contributed by atoms with E-state index in [-0.39, 0.29) is 23.4 Å². The van der Waals surface area contributed by atoms with E-state index in [9.17, 15) is 27.9 Å². The highest BCUT2D eigenvalue weighted by Crippen LogP contribution is 2.29. The van der Waals surface area contributed by atoms with Gasteiger partial charge in [-0.2, -0.15) is 18.4 Å². The first-order valence-electron chi connectivity index (χ1n) is 7.66. The molecule has 0 aliphatic heterocycles. The predicted molar refractivity (Wildman–Crippen MR) is 89.2 cm³/mol. The lowest BCUT2D eigenvalue weighted by atomic mass is 10.1. The highest BCUT2D eigenvalue weighted by atomic mass is 19.4. The number of alkyl halides is 3. The fourth-order valence-corrected chi connectivity index (χ4v) is 2.15. The molecule has 0 aliphatic carbocycles. The minimum Gasteiger partial charge on any atom is -0.387 e. The van der Waals surface area contributed by atoms with E-state index in [0.29, 0.717) is 0 Å². The second kappa shape index (κ2) is 8.33. The van der Waals surface area contributed by atoms with Gasteiger partial charge in [-0.1, -0.05) is 24.3 Å². The van der Waals surface area contributed by atoms with Gasteiger partial charge in [0.2, 0.25) is 0 Å². The van der Waals surface area contributed by atoms with Crippen molar-refractivity contribution in [1.82, 2.24) is 5.32 Å². The number of hydrogen-bond acceptors (Lipinski definition) is 4. The van der Waals surface area contributed by atoms with Crippen LogP contribution in [0.25, 0.3) is 0 Å². The van der Waals surface area contributed by atoms with Crippen molar-refractivity contribution in [3.8, 4) is 6.07 Å². The topological polar surface area (TPSA) is 102 Å². The molecule has 0 aliphatic rings.